The fourth-order valence-corrected chi connectivity index (χ4v) is 1.18. The first kappa shape index (κ1) is 9.24. The molecule has 1 aromatic heterocycles. The maximum atomic E-state index is 10.7. The van der Waals surface area contributed by atoms with Crippen molar-refractivity contribution < 1.29 is 14.3 Å². The van der Waals surface area contributed by atoms with Crippen LogP contribution in [0.1, 0.15) is 5.76 Å². The molecule has 5 heteroatoms. The van der Waals surface area contributed by atoms with E-state index in [4.69, 9.17) is 5.11 Å². The Balaban J connectivity index is 3.05. The standard InChI is InChI=1S/C7H5IO4/c8-4-1-2-7(11)12-5(4)3-6(9)10/h1-2H,3H2,(H,9,10). The van der Waals surface area contributed by atoms with Gasteiger partial charge in [-0.2, -0.15) is 0 Å². The molecule has 64 valence electrons. The van der Waals surface area contributed by atoms with E-state index in [2.05, 4.69) is 4.42 Å². The summed E-state index contributed by atoms with van der Waals surface area (Å²) in [6.07, 6.45) is -0.256. The third-order valence-electron chi connectivity index (χ3n) is 1.17. The average Bonchev–Trinajstić information content (AvgIpc) is 1.96. The van der Waals surface area contributed by atoms with E-state index in [1.165, 1.54) is 12.1 Å². The van der Waals surface area contributed by atoms with Gasteiger partial charge in [-0.25, -0.2) is 4.79 Å². The first-order valence-electron chi connectivity index (χ1n) is 3.10. The summed E-state index contributed by atoms with van der Waals surface area (Å²) in [5.74, 6) is -0.808. The molecule has 0 amide bonds. The predicted octanol–water partition coefficient (Wildman–Crippen LogP) is 0.872. The summed E-state index contributed by atoms with van der Waals surface area (Å²) in [5.41, 5.74) is -0.522. The summed E-state index contributed by atoms with van der Waals surface area (Å²) in [6, 6.07) is 2.79. The van der Waals surface area contributed by atoms with Crippen LogP contribution in [-0.4, -0.2) is 11.1 Å². The van der Waals surface area contributed by atoms with E-state index >= 15 is 0 Å². The van der Waals surface area contributed by atoms with Crippen molar-refractivity contribution >= 4 is 28.6 Å². The van der Waals surface area contributed by atoms with Crippen LogP contribution in [-0.2, 0) is 11.2 Å². The summed E-state index contributed by atoms with van der Waals surface area (Å²) < 4.78 is 5.32. The molecule has 1 rings (SSSR count). The van der Waals surface area contributed by atoms with Crippen molar-refractivity contribution in [2.75, 3.05) is 0 Å². The van der Waals surface area contributed by atoms with E-state index in [9.17, 15) is 9.59 Å². The minimum absolute atomic E-state index is 0.204. The Morgan fingerprint density at radius 2 is 2.25 bits per heavy atom. The zero-order valence-electron chi connectivity index (χ0n) is 5.91. The molecule has 0 aromatic carbocycles. The lowest BCUT2D eigenvalue weighted by atomic mass is 10.3. The normalized spacial score (nSPS) is 9.75. The second-order valence-corrected chi connectivity index (χ2v) is 3.26. The Hall–Kier alpha value is -0.850. The summed E-state index contributed by atoms with van der Waals surface area (Å²) in [6.45, 7) is 0. The number of rotatable bonds is 2. The van der Waals surface area contributed by atoms with Gasteiger partial charge in [-0.1, -0.05) is 0 Å². The van der Waals surface area contributed by atoms with Crippen molar-refractivity contribution in [1.82, 2.24) is 0 Å². The SMILES string of the molecule is O=C(O)Cc1oc(=O)ccc1I. The van der Waals surface area contributed by atoms with Crippen LogP contribution in [0, 0.1) is 3.57 Å². The molecule has 0 unspecified atom stereocenters. The highest BCUT2D eigenvalue weighted by molar-refractivity contribution is 14.1. The van der Waals surface area contributed by atoms with Gasteiger partial charge < -0.3 is 9.52 Å². The van der Waals surface area contributed by atoms with Crippen molar-refractivity contribution in [3.8, 4) is 0 Å². The fraction of sp³-hybridized carbons (Fsp3) is 0.143. The Labute approximate surface area is 81.3 Å². The highest BCUT2D eigenvalue weighted by Crippen LogP contribution is 2.09. The zero-order valence-corrected chi connectivity index (χ0v) is 8.07. The highest BCUT2D eigenvalue weighted by Gasteiger charge is 2.07. The molecule has 0 atom stereocenters. The van der Waals surface area contributed by atoms with Gasteiger partial charge in [0.25, 0.3) is 0 Å². The Bertz CT molecular complexity index is 355. The van der Waals surface area contributed by atoms with Gasteiger partial charge >= 0.3 is 11.6 Å². The highest BCUT2D eigenvalue weighted by atomic mass is 127. The Morgan fingerprint density at radius 1 is 1.58 bits per heavy atom. The zero-order chi connectivity index (χ0) is 9.14. The van der Waals surface area contributed by atoms with Crippen molar-refractivity contribution in [2.45, 2.75) is 6.42 Å². The van der Waals surface area contributed by atoms with Crippen LogP contribution < -0.4 is 5.63 Å². The maximum Gasteiger partial charge on any atom is 0.335 e. The van der Waals surface area contributed by atoms with Crippen LogP contribution in [0.5, 0.6) is 0 Å². The van der Waals surface area contributed by atoms with Crippen molar-refractivity contribution in [3.63, 3.8) is 0 Å². The monoisotopic (exact) mass is 280 g/mol. The molecule has 1 N–H and O–H groups in total. The van der Waals surface area contributed by atoms with Gasteiger partial charge in [-0.15, -0.1) is 0 Å². The molecule has 0 bridgehead atoms. The van der Waals surface area contributed by atoms with Gasteiger partial charge in [0.15, 0.2) is 0 Å². The quantitative estimate of drug-likeness (QED) is 0.816. The Morgan fingerprint density at radius 3 is 2.83 bits per heavy atom. The number of hydrogen-bond acceptors (Lipinski definition) is 3. The van der Waals surface area contributed by atoms with E-state index < -0.39 is 11.6 Å². The predicted molar refractivity (Wildman–Crippen MR) is 49.0 cm³/mol. The minimum atomic E-state index is -1.01. The third kappa shape index (κ3) is 2.33. The molecule has 0 spiro atoms. The van der Waals surface area contributed by atoms with Crippen LogP contribution in [0.2, 0.25) is 0 Å². The molecule has 4 nitrogen and oxygen atoms in total. The van der Waals surface area contributed by atoms with Crippen molar-refractivity contribution in [1.29, 1.82) is 0 Å². The first-order valence-corrected chi connectivity index (χ1v) is 4.18. The van der Waals surface area contributed by atoms with Gasteiger partial charge in [-0.3, -0.25) is 4.79 Å². The molecule has 0 aliphatic rings. The lowest BCUT2D eigenvalue weighted by Gasteiger charge is -1.96. The number of hydrogen-bond donors (Lipinski definition) is 1. The summed E-state index contributed by atoms with van der Waals surface area (Å²) >= 11 is 1.91. The lowest BCUT2D eigenvalue weighted by molar-refractivity contribution is -0.136. The lowest BCUT2D eigenvalue weighted by Crippen LogP contribution is -2.06. The molecular formula is C7H5IO4. The van der Waals surface area contributed by atoms with Gasteiger partial charge in [0.1, 0.15) is 12.2 Å². The molecule has 0 fully saturated rings. The topological polar surface area (TPSA) is 67.5 Å². The van der Waals surface area contributed by atoms with Crippen LogP contribution in [0.25, 0.3) is 0 Å². The maximum absolute atomic E-state index is 10.7. The molecule has 0 saturated heterocycles. The average molecular weight is 280 g/mol. The number of carbonyl (C=O) groups is 1. The van der Waals surface area contributed by atoms with Crippen LogP contribution >= 0.6 is 22.6 Å². The molecule has 0 saturated carbocycles. The van der Waals surface area contributed by atoms with E-state index in [1.807, 2.05) is 22.6 Å². The number of carboxylic acids is 1. The second-order valence-electron chi connectivity index (χ2n) is 2.10. The van der Waals surface area contributed by atoms with Gasteiger partial charge in [0, 0.05) is 6.07 Å². The largest absolute Gasteiger partial charge is 0.481 e. The fourth-order valence-electron chi connectivity index (χ4n) is 0.696. The van der Waals surface area contributed by atoms with E-state index in [0.29, 0.717) is 3.57 Å². The number of aliphatic carboxylic acids is 1. The third-order valence-corrected chi connectivity index (χ3v) is 2.13. The summed E-state index contributed by atoms with van der Waals surface area (Å²) in [5, 5.41) is 8.42. The Kier molecular flexibility index (Phi) is 2.85. The molecule has 12 heavy (non-hydrogen) atoms. The van der Waals surface area contributed by atoms with Crippen LogP contribution in [0.4, 0.5) is 0 Å². The van der Waals surface area contributed by atoms with E-state index in [-0.39, 0.29) is 12.2 Å². The van der Waals surface area contributed by atoms with E-state index in [1.54, 1.807) is 0 Å². The summed E-state index contributed by atoms with van der Waals surface area (Å²) in [4.78, 5) is 20.9. The smallest absolute Gasteiger partial charge is 0.335 e. The van der Waals surface area contributed by atoms with Gasteiger partial charge in [0.05, 0.1) is 3.57 Å². The van der Waals surface area contributed by atoms with E-state index in [0.717, 1.165) is 0 Å². The van der Waals surface area contributed by atoms with Gasteiger partial charge in [-0.05, 0) is 28.7 Å². The number of halogens is 1. The molecule has 0 aliphatic heterocycles. The van der Waals surface area contributed by atoms with Crippen LogP contribution in [0.15, 0.2) is 21.3 Å². The minimum Gasteiger partial charge on any atom is -0.481 e. The van der Waals surface area contributed by atoms with Crippen molar-refractivity contribution in [3.05, 3.63) is 31.9 Å². The molecule has 0 radical (unpaired) electrons. The molecular weight excluding hydrogens is 275 g/mol. The van der Waals surface area contributed by atoms with Gasteiger partial charge in [0.2, 0.25) is 0 Å². The first-order chi connectivity index (χ1) is 5.59. The second kappa shape index (κ2) is 3.70. The summed E-state index contributed by atoms with van der Waals surface area (Å²) in [7, 11) is 0. The van der Waals surface area contributed by atoms with Crippen LogP contribution in [0.3, 0.4) is 0 Å². The molecule has 1 heterocycles. The molecule has 1 aromatic rings. The van der Waals surface area contributed by atoms with Crippen molar-refractivity contribution in [2.24, 2.45) is 0 Å². The number of carboxylic acid groups (broad SMARTS) is 1. The molecule has 0 aliphatic carbocycles.